The van der Waals surface area contributed by atoms with Crippen molar-refractivity contribution in [1.29, 1.82) is 0 Å². The second-order valence-electron chi connectivity index (χ2n) is 7.53. The molecule has 174 valence electrons. The third-order valence-electron chi connectivity index (χ3n) is 4.59. The summed E-state index contributed by atoms with van der Waals surface area (Å²) in [7, 11) is 0. The maximum atomic E-state index is 12.4. The Hall–Kier alpha value is -4.12. The van der Waals surface area contributed by atoms with Gasteiger partial charge < -0.3 is 15.4 Å². The number of aryl methyl sites for hydroxylation is 3. The van der Waals surface area contributed by atoms with Gasteiger partial charge in [0.05, 0.1) is 5.69 Å². The van der Waals surface area contributed by atoms with Crippen molar-refractivity contribution >= 4 is 34.2 Å². The maximum Gasteiger partial charge on any atom is 0.358 e. The highest BCUT2D eigenvalue weighted by Gasteiger charge is 2.17. The number of amides is 1. The van der Waals surface area contributed by atoms with Crippen LogP contribution in [0.5, 0.6) is 0 Å². The molecule has 0 radical (unpaired) electrons. The van der Waals surface area contributed by atoms with E-state index in [0.29, 0.717) is 29.1 Å². The molecular weight excluding hydrogens is 454 g/mol. The number of nitrogens with zero attached hydrogens (tertiary/aromatic N) is 5. The highest BCUT2D eigenvalue weighted by molar-refractivity contribution is 7.13. The van der Waals surface area contributed by atoms with Crippen molar-refractivity contribution in [2.45, 2.75) is 27.3 Å². The lowest BCUT2D eigenvalue weighted by Gasteiger charge is -2.09. The third kappa shape index (κ3) is 5.81. The summed E-state index contributed by atoms with van der Waals surface area (Å²) >= 11 is 1.29. The van der Waals surface area contributed by atoms with E-state index in [0.717, 1.165) is 17.0 Å². The molecule has 0 aliphatic carbocycles. The molecule has 0 atom stereocenters. The standard InChI is InChI=1S/C23H23N7O3S/c1-14-9-15(2)26-22(25-14)30-19(10-16(3)29-30)28-20(31)12-33-21(32)18-13-34-23(27-18)24-11-17-7-5-4-6-8-17/h4-10,13H,11-12H2,1-3H3,(H,24,27)(H,28,31). The molecular formula is C23H23N7O3S. The first kappa shape index (κ1) is 23.1. The number of nitrogens with one attached hydrogen (secondary N) is 2. The summed E-state index contributed by atoms with van der Waals surface area (Å²) in [5.41, 5.74) is 3.47. The van der Waals surface area contributed by atoms with Gasteiger partial charge in [0.25, 0.3) is 11.9 Å². The second-order valence-corrected chi connectivity index (χ2v) is 8.39. The molecule has 4 aromatic rings. The number of carbonyl (C=O) groups excluding carboxylic acids is 2. The zero-order chi connectivity index (χ0) is 24.1. The Bertz CT molecular complexity index is 1300. The summed E-state index contributed by atoms with van der Waals surface area (Å²) in [6.45, 7) is 5.62. The molecule has 11 heteroatoms. The lowest BCUT2D eigenvalue weighted by molar-refractivity contribution is -0.119. The number of thiazole rings is 1. The van der Waals surface area contributed by atoms with Gasteiger partial charge in [-0.05, 0) is 32.4 Å². The number of anilines is 2. The van der Waals surface area contributed by atoms with Crippen LogP contribution in [0.4, 0.5) is 10.9 Å². The molecule has 3 heterocycles. The summed E-state index contributed by atoms with van der Waals surface area (Å²) in [6, 6.07) is 13.4. The van der Waals surface area contributed by atoms with Crippen LogP contribution in [0.25, 0.3) is 5.95 Å². The lowest BCUT2D eigenvalue weighted by atomic mass is 10.2. The van der Waals surface area contributed by atoms with Gasteiger partial charge in [-0.15, -0.1) is 11.3 Å². The second kappa shape index (κ2) is 10.2. The minimum Gasteiger partial charge on any atom is -0.451 e. The zero-order valence-corrected chi connectivity index (χ0v) is 19.7. The quantitative estimate of drug-likeness (QED) is 0.370. The van der Waals surface area contributed by atoms with Crippen molar-refractivity contribution < 1.29 is 14.3 Å². The number of esters is 1. The van der Waals surface area contributed by atoms with Crippen LogP contribution in [0.3, 0.4) is 0 Å². The van der Waals surface area contributed by atoms with E-state index >= 15 is 0 Å². The largest absolute Gasteiger partial charge is 0.451 e. The van der Waals surface area contributed by atoms with Gasteiger partial charge in [-0.2, -0.15) is 9.78 Å². The van der Waals surface area contributed by atoms with E-state index in [-0.39, 0.29) is 5.69 Å². The summed E-state index contributed by atoms with van der Waals surface area (Å²) in [6.07, 6.45) is 0. The summed E-state index contributed by atoms with van der Waals surface area (Å²) < 4.78 is 6.58. The van der Waals surface area contributed by atoms with Crippen molar-refractivity contribution in [2.75, 3.05) is 17.2 Å². The van der Waals surface area contributed by atoms with Gasteiger partial charge in [-0.1, -0.05) is 30.3 Å². The monoisotopic (exact) mass is 477 g/mol. The van der Waals surface area contributed by atoms with Crippen LogP contribution < -0.4 is 10.6 Å². The van der Waals surface area contributed by atoms with E-state index in [1.807, 2.05) is 50.2 Å². The molecule has 1 amide bonds. The molecule has 10 nitrogen and oxygen atoms in total. The number of carbonyl (C=O) groups is 2. The Morgan fingerprint density at radius 1 is 1.00 bits per heavy atom. The van der Waals surface area contributed by atoms with Crippen molar-refractivity contribution in [1.82, 2.24) is 24.7 Å². The average Bonchev–Trinajstić information content (AvgIpc) is 3.43. The van der Waals surface area contributed by atoms with Gasteiger partial charge in [-0.25, -0.2) is 19.7 Å². The number of ether oxygens (including phenoxy) is 1. The molecule has 3 aromatic heterocycles. The van der Waals surface area contributed by atoms with E-state index < -0.39 is 18.5 Å². The summed E-state index contributed by atoms with van der Waals surface area (Å²) in [5.74, 6) is -0.474. The molecule has 0 fully saturated rings. The van der Waals surface area contributed by atoms with Crippen molar-refractivity contribution in [3.8, 4) is 5.95 Å². The molecule has 34 heavy (non-hydrogen) atoms. The van der Waals surface area contributed by atoms with Crippen LogP contribution in [0.1, 0.15) is 33.1 Å². The fourth-order valence-corrected chi connectivity index (χ4v) is 3.83. The van der Waals surface area contributed by atoms with Crippen LogP contribution in [0.15, 0.2) is 47.8 Å². The van der Waals surface area contributed by atoms with Gasteiger partial charge in [0.15, 0.2) is 17.4 Å². The van der Waals surface area contributed by atoms with E-state index in [1.165, 1.54) is 16.0 Å². The number of hydrogen-bond acceptors (Lipinski definition) is 9. The van der Waals surface area contributed by atoms with Gasteiger partial charge in [-0.3, -0.25) is 4.79 Å². The molecule has 0 saturated carbocycles. The van der Waals surface area contributed by atoms with Crippen LogP contribution in [0, 0.1) is 20.8 Å². The SMILES string of the molecule is Cc1cc(C)nc(-n2nc(C)cc2NC(=O)COC(=O)c2csc(NCc3ccccc3)n2)n1. The summed E-state index contributed by atoms with van der Waals surface area (Å²) in [5, 5.41) is 12.4. The number of hydrogen-bond donors (Lipinski definition) is 2. The van der Waals surface area contributed by atoms with Crippen molar-refractivity contribution in [3.63, 3.8) is 0 Å². The first-order valence-corrected chi connectivity index (χ1v) is 11.3. The van der Waals surface area contributed by atoms with Crippen molar-refractivity contribution in [2.24, 2.45) is 0 Å². The smallest absolute Gasteiger partial charge is 0.358 e. The molecule has 0 spiro atoms. The van der Waals surface area contributed by atoms with E-state index in [1.54, 1.807) is 18.4 Å². The molecule has 0 aliphatic rings. The van der Waals surface area contributed by atoms with Gasteiger partial charge in [0, 0.05) is 29.4 Å². The van der Waals surface area contributed by atoms with Crippen LogP contribution >= 0.6 is 11.3 Å². The Labute approximate surface area is 200 Å². The number of rotatable bonds is 8. The van der Waals surface area contributed by atoms with Crippen LogP contribution in [-0.2, 0) is 16.1 Å². The Balaban J connectivity index is 1.33. The van der Waals surface area contributed by atoms with Crippen LogP contribution in [0.2, 0.25) is 0 Å². The Kier molecular flexibility index (Phi) is 6.93. The molecule has 2 N–H and O–H groups in total. The molecule has 0 bridgehead atoms. The average molecular weight is 478 g/mol. The minimum absolute atomic E-state index is 0.137. The summed E-state index contributed by atoms with van der Waals surface area (Å²) in [4.78, 5) is 37.8. The molecule has 0 aliphatic heterocycles. The first-order valence-electron chi connectivity index (χ1n) is 10.5. The lowest BCUT2D eigenvalue weighted by Crippen LogP contribution is -2.23. The maximum absolute atomic E-state index is 12.4. The molecule has 4 rings (SSSR count). The Morgan fingerprint density at radius 2 is 1.74 bits per heavy atom. The zero-order valence-electron chi connectivity index (χ0n) is 18.9. The van der Waals surface area contributed by atoms with Crippen LogP contribution in [-0.4, -0.2) is 43.2 Å². The normalized spacial score (nSPS) is 10.7. The highest BCUT2D eigenvalue weighted by atomic mass is 32.1. The minimum atomic E-state index is -0.679. The van der Waals surface area contributed by atoms with Gasteiger partial charge in [0.1, 0.15) is 5.82 Å². The topological polar surface area (TPSA) is 124 Å². The van der Waals surface area contributed by atoms with E-state index in [4.69, 9.17) is 4.74 Å². The Morgan fingerprint density at radius 3 is 2.47 bits per heavy atom. The first-order chi connectivity index (χ1) is 16.4. The molecule has 1 aromatic carbocycles. The van der Waals surface area contributed by atoms with Gasteiger partial charge in [0.2, 0.25) is 0 Å². The predicted octanol–water partition coefficient (Wildman–Crippen LogP) is 3.45. The van der Waals surface area contributed by atoms with E-state index in [2.05, 4.69) is 30.7 Å². The number of aromatic nitrogens is 5. The van der Waals surface area contributed by atoms with E-state index in [9.17, 15) is 9.59 Å². The highest BCUT2D eigenvalue weighted by Crippen LogP contribution is 2.18. The van der Waals surface area contributed by atoms with Crippen molar-refractivity contribution in [3.05, 3.63) is 76.2 Å². The fraction of sp³-hybridized carbons (Fsp3) is 0.217. The molecule has 0 saturated heterocycles. The van der Waals surface area contributed by atoms with Gasteiger partial charge >= 0.3 is 5.97 Å². The predicted molar refractivity (Wildman–Crippen MR) is 128 cm³/mol. The third-order valence-corrected chi connectivity index (χ3v) is 5.39. The molecule has 0 unspecified atom stereocenters. The number of benzene rings is 1. The fourth-order valence-electron chi connectivity index (χ4n) is 3.15.